The summed E-state index contributed by atoms with van der Waals surface area (Å²) in [7, 11) is 0. The largest absolute Gasteiger partial charge is 0.372 e. The van der Waals surface area contributed by atoms with Crippen LogP contribution in [0.2, 0.25) is 0 Å². The van der Waals surface area contributed by atoms with Crippen LogP contribution < -0.4 is 0 Å². The summed E-state index contributed by atoms with van der Waals surface area (Å²) in [6.45, 7) is 6.07. The number of ketones is 1. The van der Waals surface area contributed by atoms with E-state index in [1.165, 1.54) is 0 Å². The molecule has 0 aromatic rings. The average molecular weight is 156 g/mol. The molecule has 11 heavy (non-hydrogen) atoms. The molecule has 1 aliphatic carbocycles. The molecule has 0 radical (unpaired) electrons. The molecule has 64 valence electrons. The Balaban J connectivity index is 2.34. The van der Waals surface area contributed by atoms with Gasteiger partial charge in [0.05, 0.1) is 11.7 Å². The Hall–Kier alpha value is -0.370. The van der Waals surface area contributed by atoms with Gasteiger partial charge in [-0.25, -0.2) is 0 Å². The zero-order valence-corrected chi connectivity index (χ0v) is 7.52. The molecule has 0 aromatic carbocycles. The standard InChI is InChI=1S/C9H16O2/c1-9(2,3)11-8-5-4-7(10)6-8/h8H,4-6H2,1-3H3/t8-/m0/s1. The van der Waals surface area contributed by atoms with E-state index in [-0.39, 0.29) is 11.7 Å². The SMILES string of the molecule is CC(C)(C)O[C@H]1CCC(=O)C1. The maximum Gasteiger partial charge on any atom is 0.135 e. The van der Waals surface area contributed by atoms with Crippen LogP contribution in [0.3, 0.4) is 0 Å². The molecule has 0 N–H and O–H groups in total. The monoisotopic (exact) mass is 156 g/mol. The van der Waals surface area contributed by atoms with E-state index in [2.05, 4.69) is 0 Å². The summed E-state index contributed by atoms with van der Waals surface area (Å²) in [5, 5.41) is 0. The number of carbonyl (C=O) groups excluding carboxylic acids is 1. The first-order chi connectivity index (χ1) is 4.97. The molecule has 0 unspecified atom stereocenters. The quantitative estimate of drug-likeness (QED) is 0.579. The van der Waals surface area contributed by atoms with E-state index < -0.39 is 0 Å². The van der Waals surface area contributed by atoms with Gasteiger partial charge < -0.3 is 4.74 Å². The Labute approximate surface area is 67.9 Å². The highest BCUT2D eigenvalue weighted by atomic mass is 16.5. The Morgan fingerprint density at radius 2 is 2.09 bits per heavy atom. The second-order valence-electron chi connectivity index (χ2n) is 4.13. The fourth-order valence-electron chi connectivity index (χ4n) is 1.38. The first-order valence-electron chi connectivity index (χ1n) is 4.17. The predicted molar refractivity (Wildman–Crippen MR) is 43.5 cm³/mol. The first-order valence-corrected chi connectivity index (χ1v) is 4.17. The van der Waals surface area contributed by atoms with Crippen molar-refractivity contribution in [2.45, 2.75) is 51.7 Å². The Bertz CT molecular complexity index is 155. The van der Waals surface area contributed by atoms with E-state index in [1.54, 1.807) is 0 Å². The maximum atomic E-state index is 10.9. The lowest BCUT2D eigenvalue weighted by atomic mass is 10.2. The van der Waals surface area contributed by atoms with Gasteiger partial charge in [0.25, 0.3) is 0 Å². The first kappa shape index (κ1) is 8.72. The van der Waals surface area contributed by atoms with Crippen LogP contribution in [-0.4, -0.2) is 17.5 Å². The summed E-state index contributed by atoms with van der Waals surface area (Å²) in [6, 6.07) is 0. The molecule has 0 saturated heterocycles. The van der Waals surface area contributed by atoms with Gasteiger partial charge in [0, 0.05) is 12.8 Å². The van der Waals surface area contributed by atoms with Crippen molar-refractivity contribution in [3.05, 3.63) is 0 Å². The van der Waals surface area contributed by atoms with Crippen LogP contribution in [0, 0.1) is 0 Å². The number of hydrogen-bond donors (Lipinski definition) is 0. The molecule has 1 atom stereocenters. The Morgan fingerprint density at radius 3 is 2.45 bits per heavy atom. The van der Waals surface area contributed by atoms with Gasteiger partial charge in [-0.3, -0.25) is 4.79 Å². The molecule has 0 aliphatic heterocycles. The molecule has 1 saturated carbocycles. The zero-order chi connectivity index (χ0) is 8.48. The molecule has 0 bridgehead atoms. The second-order valence-corrected chi connectivity index (χ2v) is 4.13. The highest BCUT2D eigenvalue weighted by Crippen LogP contribution is 2.23. The van der Waals surface area contributed by atoms with Crippen molar-refractivity contribution in [1.82, 2.24) is 0 Å². The predicted octanol–water partition coefficient (Wildman–Crippen LogP) is 1.92. The van der Waals surface area contributed by atoms with Gasteiger partial charge in [0.15, 0.2) is 0 Å². The van der Waals surface area contributed by atoms with E-state index in [9.17, 15) is 4.79 Å². The van der Waals surface area contributed by atoms with Crippen molar-refractivity contribution in [1.29, 1.82) is 0 Å². The lowest BCUT2D eigenvalue weighted by Crippen LogP contribution is -2.25. The van der Waals surface area contributed by atoms with Crippen LogP contribution in [0.25, 0.3) is 0 Å². The van der Waals surface area contributed by atoms with Crippen LogP contribution >= 0.6 is 0 Å². The topological polar surface area (TPSA) is 26.3 Å². The molecule has 0 heterocycles. The molecular formula is C9H16O2. The maximum absolute atomic E-state index is 10.9. The molecule has 2 heteroatoms. The second kappa shape index (κ2) is 2.94. The summed E-state index contributed by atoms with van der Waals surface area (Å²) < 4.78 is 5.65. The van der Waals surface area contributed by atoms with Crippen molar-refractivity contribution in [2.24, 2.45) is 0 Å². The average Bonchev–Trinajstić information content (AvgIpc) is 2.10. The number of hydrogen-bond acceptors (Lipinski definition) is 2. The van der Waals surface area contributed by atoms with Gasteiger partial charge in [-0.1, -0.05) is 0 Å². The number of rotatable bonds is 1. The molecule has 0 amide bonds. The van der Waals surface area contributed by atoms with Crippen molar-refractivity contribution in [2.75, 3.05) is 0 Å². The van der Waals surface area contributed by atoms with Gasteiger partial charge >= 0.3 is 0 Å². The van der Waals surface area contributed by atoms with Gasteiger partial charge in [0.2, 0.25) is 0 Å². The van der Waals surface area contributed by atoms with Gasteiger partial charge in [0.1, 0.15) is 5.78 Å². The molecule has 0 spiro atoms. The van der Waals surface area contributed by atoms with E-state index in [4.69, 9.17) is 4.74 Å². The molecule has 1 fully saturated rings. The van der Waals surface area contributed by atoms with Crippen LogP contribution in [0.5, 0.6) is 0 Å². The minimum absolute atomic E-state index is 0.102. The Morgan fingerprint density at radius 1 is 1.45 bits per heavy atom. The highest BCUT2D eigenvalue weighted by Gasteiger charge is 2.26. The number of ether oxygens (including phenoxy) is 1. The molecule has 2 nitrogen and oxygen atoms in total. The zero-order valence-electron chi connectivity index (χ0n) is 7.52. The Kier molecular flexibility index (Phi) is 2.33. The minimum Gasteiger partial charge on any atom is -0.372 e. The van der Waals surface area contributed by atoms with Gasteiger partial charge in [-0.05, 0) is 27.2 Å². The summed E-state index contributed by atoms with van der Waals surface area (Å²) in [4.78, 5) is 10.9. The molecular weight excluding hydrogens is 140 g/mol. The van der Waals surface area contributed by atoms with Crippen LogP contribution in [0.15, 0.2) is 0 Å². The van der Waals surface area contributed by atoms with Crippen molar-refractivity contribution < 1.29 is 9.53 Å². The number of carbonyl (C=O) groups is 1. The lowest BCUT2D eigenvalue weighted by Gasteiger charge is -2.23. The third kappa shape index (κ3) is 3.02. The van der Waals surface area contributed by atoms with Gasteiger partial charge in [-0.15, -0.1) is 0 Å². The fourth-order valence-corrected chi connectivity index (χ4v) is 1.38. The highest BCUT2D eigenvalue weighted by molar-refractivity contribution is 5.81. The van der Waals surface area contributed by atoms with Crippen LogP contribution in [-0.2, 0) is 9.53 Å². The summed E-state index contributed by atoms with van der Waals surface area (Å²) in [5.41, 5.74) is -0.102. The van der Waals surface area contributed by atoms with Gasteiger partial charge in [-0.2, -0.15) is 0 Å². The normalized spacial score (nSPS) is 26.1. The minimum atomic E-state index is -0.102. The third-order valence-electron chi connectivity index (χ3n) is 1.72. The summed E-state index contributed by atoms with van der Waals surface area (Å²) in [6.07, 6.45) is 2.43. The van der Waals surface area contributed by atoms with Crippen molar-refractivity contribution in [3.63, 3.8) is 0 Å². The van der Waals surface area contributed by atoms with Crippen LogP contribution in [0.1, 0.15) is 40.0 Å². The summed E-state index contributed by atoms with van der Waals surface area (Å²) in [5.74, 6) is 0.347. The van der Waals surface area contributed by atoms with Crippen LogP contribution in [0.4, 0.5) is 0 Å². The van der Waals surface area contributed by atoms with E-state index in [1.807, 2.05) is 20.8 Å². The lowest BCUT2D eigenvalue weighted by molar-refractivity contribution is -0.119. The fraction of sp³-hybridized carbons (Fsp3) is 0.889. The smallest absolute Gasteiger partial charge is 0.135 e. The molecule has 0 aromatic heterocycles. The van der Waals surface area contributed by atoms with Crippen molar-refractivity contribution >= 4 is 5.78 Å². The van der Waals surface area contributed by atoms with E-state index in [0.29, 0.717) is 18.6 Å². The number of Topliss-reactive ketones (excluding diaryl/α,β-unsaturated/α-hetero) is 1. The van der Waals surface area contributed by atoms with Crippen molar-refractivity contribution in [3.8, 4) is 0 Å². The van der Waals surface area contributed by atoms with E-state index >= 15 is 0 Å². The summed E-state index contributed by atoms with van der Waals surface area (Å²) >= 11 is 0. The molecule has 1 aliphatic rings. The van der Waals surface area contributed by atoms with E-state index in [0.717, 1.165) is 6.42 Å². The third-order valence-corrected chi connectivity index (χ3v) is 1.72. The molecule has 1 rings (SSSR count).